The van der Waals surface area contributed by atoms with Crippen LogP contribution in [0.1, 0.15) is 51.0 Å². The third-order valence-corrected chi connectivity index (χ3v) is 6.18. The van der Waals surface area contributed by atoms with Gasteiger partial charge in [-0.3, -0.25) is 0 Å². The second kappa shape index (κ2) is 9.28. The molecule has 0 aliphatic heterocycles. The SMILES string of the molecule is C=CC(c1ccccc1)C(C)OC(CCCCC)[Si](C)(C)O. The molecule has 1 aromatic carbocycles. The molecule has 22 heavy (non-hydrogen) atoms. The van der Waals surface area contributed by atoms with Crippen molar-refractivity contribution < 1.29 is 9.53 Å². The molecule has 124 valence electrons. The van der Waals surface area contributed by atoms with Gasteiger partial charge >= 0.3 is 0 Å². The van der Waals surface area contributed by atoms with Crippen molar-refractivity contribution in [2.75, 3.05) is 0 Å². The smallest absolute Gasteiger partial charge is 0.210 e. The molecular formula is C19H32O2Si. The van der Waals surface area contributed by atoms with Gasteiger partial charge in [0.05, 0.1) is 11.8 Å². The zero-order chi connectivity index (χ0) is 16.6. The van der Waals surface area contributed by atoms with Crippen LogP contribution in [0.3, 0.4) is 0 Å². The highest BCUT2D eigenvalue weighted by Crippen LogP contribution is 2.27. The molecule has 1 rings (SSSR count). The van der Waals surface area contributed by atoms with Crippen LogP contribution in [-0.2, 0) is 4.74 Å². The van der Waals surface area contributed by atoms with Gasteiger partial charge in [0.2, 0.25) is 8.32 Å². The van der Waals surface area contributed by atoms with Crippen LogP contribution in [0.15, 0.2) is 43.0 Å². The Bertz CT molecular complexity index is 425. The van der Waals surface area contributed by atoms with Crippen molar-refractivity contribution in [2.45, 2.75) is 70.4 Å². The molecule has 3 heteroatoms. The molecule has 0 heterocycles. The predicted molar refractivity (Wildman–Crippen MR) is 97.6 cm³/mol. The van der Waals surface area contributed by atoms with Crippen molar-refractivity contribution in [3.63, 3.8) is 0 Å². The minimum absolute atomic E-state index is 0.0137. The van der Waals surface area contributed by atoms with Crippen LogP contribution in [0.5, 0.6) is 0 Å². The van der Waals surface area contributed by atoms with E-state index < -0.39 is 8.32 Å². The van der Waals surface area contributed by atoms with E-state index in [0.29, 0.717) is 0 Å². The molecule has 1 N–H and O–H groups in total. The zero-order valence-corrected chi connectivity index (χ0v) is 15.6. The highest BCUT2D eigenvalue weighted by atomic mass is 28.4. The summed E-state index contributed by atoms with van der Waals surface area (Å²) >= 11 is 0. The zero-order valence-electron chi connectivity index (χ0n) is 14.6. The molecule has 0 aliphatic carbocycles. The Kier molecular flexibility index (Phi) is 8.08. The third-order valence-electron chi connectivity index (χ3n) is 4.18. The lowest BCUT2D eigenvalue weighted by Gasteiger charge is -2.32. The second-order valence-corrected chi connectivity index (χ2v) is 10.6. The van der Waals surface area contributed by atoms with Crippen LogP contribution in [0, 0.1) is 0 Å². The first-order valence-electron chi connectivity index (χ1n) is 8.45. The van der Waals surface area contributed by atoms with E-state index >= 15 is 0 Å². The number of rotatable bonds is 10. The van der Waals surface area contributed by atoms with Crippen LogP contribution in [-0.4, -0.2) is 24.9 Å². The Morgan fingerprint density at radius 3 is 2.36 bits per heavy atom. The molecule has 0 aliphatic rings. The maximum atomic E-state index is 10.5. The van der Waals surface area contributed by atoms with Gasteiger partial charge in [0, 0.05) is 5.92 Å². The topological polar surface area (TPSA) is 29.5 Å². The highest BCUT2D eigenvalue weighted by Gasteiger charge is 2.33. The summed E-state index contributed by atoms with van der Waals surface area (Å²) in [6.45, 7) is 12.2. The van der Waals surface area contributed by atoms with Crippen molar-refractivity contribution in [3.8, 4) is 0 Å². The lowest BCUT2D eigenvalue weighted by Crippen LogP contribution is -2.45. The summed E-state index contributed by atoms with van der Waals surface area (Å²) in [5.74, 6) is 0.159. The number of benzene rings is 1. The van der Waals surface area contributed by atoms with Crippen LogP contribution in [0.4, 0.5) is 0 Å². The molecule has 3 atom stereocenters. The van der Waals surface area contributed by atoms with E-state index in [-0.39, 0.29) is 17.7 Å². The largest absolute Gasteiger partial charge is 0.430 e. The van der Waals surface area contributed by atoms with Gasteiger partial charge in [-0.15, -0.1) is 6.58 Å². The average Bonchev–Trinajstić information content (AvgIpc) is 2.47. The number of unbranched alkanes of at least 4 members (excludes halogenated alkanes) is 2. The van der Waals surface area contributed by atoms with E-state index in [0.717, 1.165) is 12.8 Å². The van der Waals surface area contributed by atoms with E-state index in [1.807, 2.05) is 37.4 Å². The van der Waals surface area contributed by atoms with Gasteiger partial charge in [0.1, 0.15) is 0 Å². The summed E-state index contributed by atoms with van der Waals surface area (Å²) in [7, 11) is -2.32. The Hall–Kier alpha value is -0.903. The molecule has 0 amide bonds. The van der Waals surface area contributed by atoms with E-state index in [4.69, 9.17) is 4.74 Å². The highest BCUT2D eigenvalue weighted by molar-refractivity contribution is 6.71. The van der Waals surface area contributed by atoms with Gasteiger partial charge in [-0.2, -0.15) is 0 Å². The van der Waals surface area contributed by atoms with E-state index in [2.05, 4.69) is 32.6 Å². The van der Waals surface area contributed by atoms with Crippen LogP contribution < -0.4 is 0 Å². The summed E-state index contributed by atoms with van der Waals surface area (Å²) in [5.41, 5.74) is 1.20. The van der Waals surface area contributed by atoms with Crippen molar-refractivity contribution >= 4 is 8.32 Å². The molecule has 1 aromatic rings. The molecule has 0 saturated carbocycles. The Morgan fingerprint density at radius 2 is 1.86 bits per heavy atom. The van der Waals surface area contributed by atoms with Gasteiger partial charge in [0.25, 0.3) is 0 Å². The number of hydrogen-bond acceptors (Lipinski definition) is 2. The molecule has 0 aromatic heterocycles. The van der Waals surface area contributed by atoms with Crippen LogP contribution in [0.25, 0.3) is 0 Å². The summed E-state index contributed by atoms with van der Waals surface area (Å²) in [6.07, 6.45) is 6.43. The summed E-state index contributed by atoms with van der Waals surface area (Å²) in [6, 6.07) is 10.3. The first kappa shape index (κ1) is 19.1. The quantitative estimate of drug-likeness (QED) is 0.371. The first-order valence-corrected chi connectivity index (χ1v) is 11.5. The molecule has 0 bridgehead atoms. The van der Waals surface area contributed by atoms with Crippen LogP contribution >= 0.6 is 0 Å². The molecule has 0 saturated heterocycles. The average molecular weight is 321 g/mol. The summed E-state index contributed by atoms with van der Waals surface area (Å²) in [5, 5.41) is 0. The predicted octanol–water partition coefficient (Wildman–Crippen LogP) is 5.05. The molecule has 0 spiro atoms. The van der Waals surface area contributed by atoms with Crippen LogP contribution in [0.2, 0.25) is 13.1 Å². The van der Waals surface area contributed by atoms with Crippen molar-refractivity contribution in [2.24, 2.45) is 0 Å². The van der Waals surface area contributed by atoms with E-state index in [1.165, 1.54) is 18.4 Å². The maximum Gasteiger partial charge on any atom is 0.210 e. The second-order valence-electron chi connectivity index (χ2n) is 6.65. The fourth-order valence-electron chi connectivity index (χ4n) is 2.79. The minimum Gasteiger partial charge on any atom is -0.430 e. The number of hydrogen-bond donors (Lipinski definition) is 1. The molecule has 0 fully saturated rings. The van der Waals surface area contributed by atoms with Crippen molar-refractivity contribution in [1.29, 1.82) is 0 Å². The van der Waals surface area contributed by atoms with Crippen molar-refractivity contribution in [1.82, 2.24) is 0 Å². The van der Waals surface area contributed by atoms with Crippen molar-refractivity contribution in [3.05, 3.63) is 48.6 Å². The fourth-order valence-corrected chi connectivity index (χ4v) is 4.24. The molecule has 2 nitrogen and oxygen atoms in total. The van der Waals surface area contributed by atoms with Gasteiger partial charge in [0.15, 0.2) is 0 Å². The maximum absolute atomic E-state index is 10.5. The first-order chi connectivity index (χ1) is 10.4. The van der Waals surface area contributed by atoms with E-state index in [1.54, 1.807) is 0 Å². The Balaban J connectivity index is 2.75. The monoisotopic (exact) mass is 320 g/mol. The standard InChI is InChI=1S/C19H32O2Si/c1-6-8-10-15-19(22(4,5)20)21-16(3)18(7-2)17-13-11-9-12-14-17/h7,9,11-14,16,18-20H,2,6,8,10,15H2,1,3-5H3. The van der Waals surface area contributed by atoms with Gasteiger partial charge in [-0.1, -0.05) is 62.6 Å². The summed E-state index contributed by atoms with van der Waals surface area (Å²) < 4.78 is 6.31. The van der Waals surface area contributed by atoms with E-state index in [9.17, 15) is 4.80 Å². The normalized spacial score (nSPS) is 16.0. The molecule has 0 radical (unpaired) electrons. The van der Waals surface area contributed by atoms with Gasteiger partial charge in [-0.25, -0.2) is 0 Å². The lowest BCUT2D eigenvalue weighted by molar-refractivity contribution is 0.0161. The summed E-state index contributed by atoms with van der Waals surface area (Å²) in [4.78, 5) is 10.5. The fraction of sp³-hybridized carbons (Fsp3) is 0.579. The lowest BCUT2D eigenvalue weighted by atomic mass is 9.94. The minimum atomic E-state index is -2.32. The number of ether oxygens (including phenoxy) is 1. The van der Waals surface area contributed by atoms with Gasteiger partial charge in [-0.05, 0) is 32.0 Å². The molecular weight excluding hydrogens is 288 g/mol. The molecule has 3 unspecified atom stereocenters. The van der Waals surface area contributed by atoms with Gasteiger partial charge < -0.3 is 9.53 Å². The Labute approximate surface area is 137 Å². The Morgan fingerprint density at radius 1 is 1.23 bits per heavy atom. The third kappa shape index (κ3) is 6.07.